The monoisotopic (exact) mass is 442 g/mol. The van der Waals surface area contributed by atoms with E-state index in [1.807, 2.05) is 57.7 Å². The number of hydrogen-bond acceptors (Lipinski definition) is 5. The average molecular weight is 443 g/mol. The van der Waals surface area contributed by atoms with Crippen molar-refractivity contribution in [1.82, 2.24) is 19.4 Å². The highest BCUT2D eigenvalue weighted by molar-refractivity contribution is 5.80. The fourth-order valence-electron chi connectivity index (χ4n) is 4.05. The van der Waals surface area contributed by atoms with Crippen molar-refractivity contribution in [3.8, 4) is 0 Å². The number of hydrogen-bond donors (Lipinski definition) is 0. The summed E-state index contributed by atoms with van der Waals surface area (Å²) in [5.41, 5.74) is 0.486. The third-order valence-electron chi connectivity index (χ3n) is 5.62. The molecule has 1 aliphatic heterocycles. The lowest BCUT2D eigenvalue weighted by Crippen LogP contribution is -2.48. The second-order valence-corrected chi connectivity index (χ2v) is 9.75. The molecule has 2 amide bonds. The number of rotatable bonds is 5. The molecule has 1 unspecified atom stereocenters. The van der Waals surface area contributed by atoms with Crippen LogP contribution in [0.3, 0.4) is 0 Å². The number of ether oxygens (including phenoxy) is 1. The topological polar surface area (TPSA) is 84.7 Å². The molecule has 8 heteroatoms. The largest absolute Gasteiger partial charge is 0.444 e. The minimum atomic E-state index is -0.556. The predicted octanol–water partition coefficient (Wildman–Crippen LogP) is 3.28. The van der Waals surface area contributed by atoms with Crippen LogP contribution < -0.4 is 5.56 Å². The summed E-state index contributed by atoms with van der Waals surface area (Å²) in [5.74, 6) is 0.0649. The summed E-state index contributed by atoms with van der Waals surface area (Å²) in [6.07, 6.45) is 2.73. The maximum absolute atomic E-state index is 13.1. The van der Waals surface area contributed by atoms with E-state index in [1.165, 1.54) is 10.8 Å². The van der Waals surface area contributed by atoms with Gasteiger partial charge >= 0.3 is 6.09 Å². The molecule has 1 atom stereocenters. The molecule has 3 rings (SSSR count). The quantitative estimate of drug-likeness (QED) is 0.709. The molecule has 32 heavy (non-hydrogen) atoms. The predicted molar refractivity (Wildman–Crippen MR) is 123 cm³/mol. The van der Waals surface area contributed by atoms with Crippen molar-refractivity contribution in [2.75, 3.05) is 19.6 Å². The van der Waals surface area contributed by atoms with E-state index in [2.05, 4.69) is 4.98 Å². The Morgan fingerprint density at radius 2 is 1.97 bits per heavy atom. The van der Waals surface area contributed by atoms with Crippen LogP contribution in [-0.4, -0.2) is 62.6 Å². The number of fused-ring (bicyclic) bond motifs is 1. The third-order valence-corrected chi connectivity index (χ3v) is 5.62. The molecule has 0 saturated carbocycles. The van der Waals surface area contributed by atoms with E-state index in [1.54, 1.807) is 11.0 Å². The molecule has 0 aliphatic carbocycles. The number of amides is 2. The maximum Gasteiger partial charge on any atom is 0.410 e. The number of benzene rings is 1. The van der Waals surface area contributed by atoms with Crippen molar-refractivity contribution in [3.05, 3.63) is 40.8 Å². The molecular formula is C24H34N4O4. The number of piperidine rings is 1. The first-order valence-electron chi connectivity index (χ1n) is 11.3. The Balaban J connectivity index is 1.69. The second-order valence-electron chi connectivity index (χ2n) is 9.75. The molecule has 174 valence electrons. The minimum absolute atomic E-state index is 0.00214. The summed E-state index contributed by atoms with van der Waals surface area (Å²) in [7, 11) is 0. The molecule has 8 nitrogen and oxygen atoms in total. The van der Waals surface area contributed by atoms with E-state index in [0.717, 1.165) is 12.8 Å². The van der Waals surface area contributed by atoms with Gasteiger partial charge in [-0.3, -0.25) is 14.2 Å². The van der Waals surface area contributed by atoms with E-state index in [-0.39, 0.29) is 36.1 Å². The highest BCUT2D eigenvalue weighted by Gasteiger charge is 2.30. The van der Waals surface area contributed by atoms with Crippen LogP contribution in [0, 0.1) is 5.92 Å². The first kappa shape index (κ1) is 23.8. The van der Waals surface area contributed by atoms with E-state index < -0.39 is 5.60 Å². The highest BCUT2D eigenvalue weighted by Crippen LogP contribution is 2.21. The average Bonchev–Trinajstić information content (AvgIpc) is 2.72. The molecule has 1 aromatic carbocycles. The Hall–Kier alpha value is -2.90. The van der Waals surface area contributed by atoms with Gasteiger partial charge in [0.2, 0.25) is 5.91 Å². The lowest BCUT2D eigenvalue weighted by molar-refractivity contribution is -0.133. The van der Waals surface area contributed by atoms with E-state index >= 15 is 0 Å². The van der Waals surface area contributed by atoms with E-state index in [9.17, 15) is 14.4 Å². The van der Waals surface area contributed by atoms with Gasteiger partial charge in [0, 0.05) is 25.7 Å². The van der Waals surface area contributed by atoms with Crippen molar-refractivity contribution in [1.29, 1.82) is 0 Å². The first-order chi connectivity index (χ1) is 15.0. The van der Waals surface area contributed by atoms with Gasteiger partial charge in [-0.2, -0.15) is 0 Å². The van der Waals surface area contributed by atoms with Crippen LogP contribution in [0.4, 0.5) is 4.79 Å². The lowest BCUT2D eigenvalue weighted by atomic mass is 9.97. The fraction of sp³-hybridized carbons (Fsp3) is 0.583. The molecule has 2 heterocycles. The molecule has 2 aromatic rings. The first-order valence-corrected chi connectivity index (χ1v) is 11.3. The van der Waals surface area contributed by atoms with Gasteiger partial charge in [0.25, 0.3) is 5.56 Å². The van der Waals surface area contributed by atoms with E-state index in [4.69, 9.17) is 4.74 Å². The van der Waals surface area contributed by atoms with Crippen LogP contribution in [0.25, 0.3) is 11.0 Å². The number of para-hydroxylation sites is 2. The zero-order valence-corrected chi connectivity index (χ0v) is 19.7. The summed E-state index contributed by atoms with van der Waals surface area (Å²) in [4.78, 5) is 45.9. The van der Waals surface area contributed by atoms with Crippen LogP contribution in [0.15, 0.2) is 35.3 Å². The third kappa shape index (κ3) is 5.87. The van der Waals surface area contributed by atoms with Gasteiger partial charge < -0.3 is 14.5 Å². The molecular weight excluding hydrogens is 408 g/mol. The van der Waals surface area contributed by atoms with Gasteiger partial charge in [-0.15, -0.1) is 0 Å². The summed E-state index contributed by atoms with van der Waals surface area (Å²) >= 11 is 0. The number of nitrogens with zero attached hydrogens (tertiary/aromatic N) is 4. The standard InChI is InChI=1S/C24H34N4O4/c1-17(2)27(23(31)32-24(3,4)5)15-18-9-8-12-26(14-18)22(30)16-28-20-11-7-6-10-19(20)25-13-21(28)29/h6-7,10-11,13,17-18H,8-9,12,14-16H2,1-5H3. The van der Waals surface area contributed by atoms with Gasteiger partial charge in [-0.25, -0.2) is 9.78 Å². The zero-order chi connectivity index (χ0) is 23.5. The van der Waals surface area contributed by atoms with Gasteiger partial charge in [0.1, 0.15) is 12.1 Å². The zero-order valence-electron chi connectivity index (χ0n) is 19.7. The van der Waals surface area contributed by atoms with Gasteiger partial charge in [0.05, 0.1) is 17.2 Å². The van der Waals surface area contributed by atoms with Crippen LogP contribution in [0.5, 0.6) is 0 Å². The molecule has 1 aromatic heterocycles. The Morgan fingerprint density at radius 3 is 2.66 bits per heavy atom. The number of carbonyl (C=O) groups excluding carboxylic acids is 2. The SMILES string of the molecule is CC(C)N(CC1CCCN(C(=O)Cn2c(=O)cnc3ccccc32)C1)C(=O)OC(C)(C)C. The number of aromatic nitrogens is 2. The van der Waals surface area contributed by atoms with Gasteiger partial charge in [0.15, 0.2) is 0 Å². The van der Waals surface area contributed by atoms with E-state index in [0.29, 0.717) is 30.7 Å². The molecule has 0 bridgehead atoms. The summed E-state index contributed by atoms with van der Waals surface area (Å²) in [6.45, 7) is 11.2. The normalized spacial score (nSPS) is 16.9. The molecule has 1 aliphatic rings. The number of likely N-dealkylation sites (tertiary alicyclic amines) is 1. The Bertz CT molecular complexity index is 1020. The molecule has 1 saturated heterocycles. The molecule has 0 N–H and O–H groups in total. The van der Waals surface area contributed by atoms with Crippen LogP contribution in [-0.2, 0) is 16.1 Å². The lowest BCUT2D eigenvalue weighted by Gasteiger charge is -2.37. The molecule has 1 fully saturated rings. The summed E-state index contributed by atoms with van der Waals surface area (Å²) < 4.78 is 7.05. The number of carbonyl (C=O) groups is 2. The van der Waals surface area contributed by atoms with Crippen molar-refractivity contribution < 1.29 is 14.3 Å². The van der Waals surface area contributed by atoms with Gasteiger partial charge in [-0.1, -0.05) is 12.1 Å². The molecule has 0 spiro atoms. The van der Waals surface area contributed by atoms with Crippen molar-refractivity contribution >= 4 is 23.0 Å². The smallest absolute Gasteiger partial charge is 0.410 e. The van der Waals surface area contributed by atoms with Crippen LogP contribution >= 0.6 is 0 Å². The van der Waals surface area contributed by atoms with Crippen LogP contribution in [0.2, 0.25) is 0 Å². The van der Waals surface area contributed by atoms with Crippen molar-refractivity contribution in [2.24, 2.45) is 5.92 Å². The van der Waals surface area contributed by atoms with Gasteiger partial charge in [-0.05, 0) is 65.5 Å². The van der Waals surface area contributed by atoms with Crippen LogP contribution in [0.1, 0.15) is 47.5 Å². The Morgan fingerprint density at radius 1 is 1.25 bits per heavy atom. The second kappa shape index (κ2) is 9.71. The molecule has 0 radical (unpaired) electrons. The summed E-state index contributed by atoms with van der Waals surface area (Å²) in [5, 5.41) is 0. The Kier molecular flexibility index (Phi) is 7.21. The highest BCUT2D eigenvalue weighted by atomic mass is 16.6. The minimum Gasteiger partial charge on any atom is -0.444 e. The maximum atomic E-state index is 13.1. The summed E-state index contributed by atoms with van der Waals surface area (Å²) in [6, 6.07) is 7.31. The fourth-order valence-corrected chi connectivity index (χ4v) is 4.05. The van der Waals surface area contributed by atoms with Crippen molar-refractivity contribution in [2.45, 2.75) is 65.6 Å². The Labute approximate surface area is 189 Å². The van der Waals surface area contributed by atoms with Crippen molar-refractivity contribution in [3.63, 3.8) is 0 Å².